The van der Waals surface area contributed by atoms with Crippen molar-refractivity contribution in [2.75, 3.05) is 79.3 Å². The molecule has 0 saturated carbocycles. The summed E-state index contributed by atoms with van der Waals surface area (Å²) >= 11 is 0. The maximum absolute atomic E-state index is 5.54. The van der Waals surface area contributed by atoms with E-state index in [4.69, 9.17) is 28.4 Å². The van der Waals surface area contributed by atoms with E-state index in [2.05, 4.69) is 0 Å². The van der Waals surface area contributed by atoms with Gasteiger partial charge in [-0.1, -0.05) is 6.08 Å². The summed E-state index contributed by atoms with van der Waals surface area (Å²) < 4.78 is 32.6. The number of rotatable bonds is 0. The highest BCUT2D eigenvalue weighted by molar-refractivity contribution is 5.00. The topological polar surface area (TPSA) is 55.4 Å². The SMILES string of the molecule is CC=C1COCCOCCOCCOCCOCCOC1. The Kier molecular flexibility index (Phi) is 12.8. The molecule has 0 aliphatic carbocycles. The first kappa shape index (κ1) is 18.5. The van der Waals surface area contributed by atoms with Gasteiger partial charge in [0.05, 0.1) is 79.3 Å². The van der Waals surface area contributed by atoms with Crippen molar-refractivity contribution in [2.24, 2.45) is 0 Å². The molecule has 0 unspecified atom stereocenters. The van der Waals surface area contributed by atoms with Gasteiger partial charge in [0.2, 0.25) is 0 Å². The molecule has 0 aromatic carbocycles. The zero-order valence-corrected chi connectivity index (χ0v) is 13.0. The fraction of sp³-hybridized carbons (Fsp3) is 0.867. The first-order valence-electron chi connectivity index (χ1n) is 7.54. The largest absolute Gasteiger partial charge is 0.377 e. The van der Waals surface area contributed by atoms with Gasteiger partial charge in [0.25, 0.3) is 0 Å². The Morgan fingerprint density at radius 3 is 1.10 bits per heavy atom. The first-order valence-corrected chi connectivity index (χ1v) is 7.54. The lowest BCUT2D eigenvalue weighted by molar-refractivity contribution is -0.0122. The van der Waals surface area contributed by atoms with Gasteiger partial charge in [0.15, 0.2) is 0 Å². The molecule has 1 fully saturated rings. The maximum Gasteiger partial charge on any atom is 0.0704 e. The number of hydrogen-bond donors (Lipinski definition) is 0. The summed E-state index contributed by atoms with van der Waals surface area (Å²) in [5, 5.41) is 0. The van der Waals surface area contributed by atoms with Crippen LogP contribution in [0.3, 0.4) is 0 Å². The molecule has 1 aliphatic rings. The Bertz CT molecular complexity index is 235. The first-order chi connectivity index (χ1) is 10.4. The van der Waals surface area contributed by atoms with Crippen LogP contribution in [-0.4, -0.2) is 79.3 Å². The quantitative estimate of drug-likeness (QED) is 0.624. The molecule has 0 radical (unpaired) electrons. The van der Waals surface area contributed by atoms with Crippen molar-refractivity contribution in [1.82, 2.24) is 0 Å². The van der Waals surface area contributed by atoms with Gasteiger partial charge in [-0.05, 0) is 12.5 Å². The Morgan fingerprint density at radius 1 is 0.524 bits per heavy atom. The van der Waals surface area contributed by atoms with Gasteiger partial charge in [-0.3, -0.25) is 0 Å². The van der Waals surface area contributed by atoms with E-state index >= 15 is 0 Å². The second-order valence-electron chi connectivity index (χ2n) is 4.50. The van der Waals surface area contributed by atoms with Crippen molar-refractivity contribution in [3.05, 3.63) is 11.6 Å². The van der Waals surface area contributed by atoms with Crippen LogP contribution < -0.4 is 0 Å². The van der Waals surface area contributed by atoms with Crippen LogP contribution in [0.25, 0.3) is 0 Å². The Hall–Kier alpha value is -0.500. The minimum absolute atomic E-state index is 0.573. The van der Waals surface area contributed by atoms with Crippen molar-refractivity contribution >= 4 is 0 Å². The van der Waals surface area contributed by atoms with Crippen LogP contribution >= 0.6 is 0 Å². The summed E-state index contributed by atoms with van der Waals surface area (Å²) in [5.74, 6) is 0. The van der Waals surface area contributed by atoms with E-state index in [0.29, 0.717) is 79.3 Å². The number of allylic oxidation sites excluding steroid dienone is 1. The van der Waals surface area contributed by atoms with Crippen LogP contribution in [0.4, 0.5) is 0 Å². The van der Waals surface area contributed by atoms with Crippen LogP contribution in [-0.2, 0) is 28.4 Å². The van der Waals surface area contributed by atoms with Crippen molar-refractivity contribution in [2.45, 2.75) is 6.92 Å². The van der Waals surface area contributed by atoms with Crippen molar-refractivity contribution < 1.29 is 28.4 Å². The second kappa shape index (κ2) is 14.4. The van der Waals surface area contributed by atoms with Crippen LogP contribution in [0.2, 0.25) is 0 Å². The van der Waals surface area contributed by atoms with Crippen LogP contribution in [0, 0.1) is 0 Å². The molecule has 6 heteroatoms. The van der Waals surface area contributed by atoms with E-state index in [0.717, 1.165) is 5.57 Å². The molecule has 1 saturated heterocycles. The minimum atomic E-state index is 0.573. The number of ether oxygens (including phenoxy) is 6. The fourth-order valence-corrected chi connectivity index (χ4v) is 1.61. The summed E-state index contributed by atoms with van der Waals surface area (Å²) in [4.78, 5) is 0. The third-order valence-electron chi connectivity index (χ3n) is 2.84. The summed E-state index contributed by atoms with van der Waals surface area (Å²) in [6, 6.07) is 0. The van der Waals surface area contributed by atoms with Crippen molar-refractivity contribution in [3.63, 3.8) is 0 Å². The maximum atomic E-state index is 5.54. The fourth-order valence-electron chi connectivity index (χ4n) is 1.61. The molecule has 0 bridgehead atoms. The lowest BCUT2D eigenvalue weighted by atomic mass is 10.3. The molecule has 0 amide bonds. The van der Waals surface area contributed by atoms with Gasteiger partial charge in [-0.25, -0.2) is 0 Å². The highest BCUT2D eigenvalue weighted by Crippen LogP contribution is 1.97. The molecule has 0 aromatic heterocycles. The zero-order valence-electron chi connectivity index (χ0n) is 13.0. The Balaban J connectivity index is 2.18. The third-order valence-corrected chi connectivity index (χ3v) is 2.84. The van der Waals surface area contributed by atoms with Gasteiger partial charge < -0.3 is 28.4 Å². The normalized spacial score (nSPS) is 22.8. The summed E-state index contributed by atoms with van der Waals surface area (Å²) in [6.07, 6.45) is 2.02. The minimum Gasteiger partial charge on any atom is -0.377 e. The summed E-state index contributed by atoms with van der Waals surface area (Å²) in [6.45, 7) is 8.89. The molecule has 124 valence electrons. The van der Waals surface area contributed by atoms with Crippen LogP contribution in [0.5, 0.6) is 0 Å². The van der Waals surface area contributed by atoms with Gasteiger partial charge >= 0.3 is 0 Å². The van der Waals surface area contributed by atoms with Gasteiger partial charge in [-0.2, -0.15) is 0 Å². The monoisotopic (exact) mass is 304 g/mol. The van der Waals surface area contributed by atoms with E-state index in [9.17, 15) is 0 Å². The molecule has 0 N–H and O–H groups in total. The molecule has 0 spiro atoms. The van der Waals surface area contributed by atoms with Crippen LogP contribution in [0.1, 0.15) is 6.92 Å². The molecule has 0 aromatic rings. The average molecular weight is 304 g/mol. The molecule has 1 heterocycles. The van der Waals surface area contributed by atoms with Gasteiger partial charge in [0, 0.05) is 0 Å². The molecule has 21 heavy (non-hydrogen) atoms. The average Bonchev–Trinajstić information content (AvgIpc) is 2.51. The predicted octanol–water partition coefficient (Wildman–Crippen LogP) is 1.05. The van der Waals surface area contributed by atoms with Crippen molar-refractivity contribution in [1.29, 1.82) is 0 Å². The molecule has 0 atom stereocenters. The standard InChI is InChI=1S/C15H28O6/c1-2-15-13-20-11-9-18-7-5-16-3-4-17-6-8-19-10-12-21-14-15/h2H,3-14H2,1H3. The summed E-state index contributed by atoms with van der Waals surface area (Å²) in [7, 11) is 0. The van der Waals surface area contributed by atoms with Gasteiger partial charge in [-0.15, -0.1) is 0 Å². The van der Waals surface area contributed by atoms with Gasteiger partial charge in [0.1, 0.15) is 0 Å². The lowest BCUT2D eigenvalue weighted by Crippen LogP contribution is -2.13. The van der Waals surface area contributed by atoms with Crippen LogP contribution in [0.15, 0.2) is 11.6 Å². The van der Waals surface area contributed by atoms with Crippen molar-refractivity contribution in [3.8, 4) is 0 Å². The smallest absolute Gasteiger partial charge is 0.0704 e. The zero-order chi connectivity index (χ0) is 15.0. The van der Waals surface area contributed by atoms with E-state index in [1.807, 2.05) is 13.0 Å². The lowest BCUT2D eigenvalue weighted by Gasteiger charge is -2.10. The second-order valence-corrected chi connectivity index (χ2v) is 4.50. The van der Waals surface area contributed by atoms with E-state index < -0.39 is 0 Å². The number of hydrogen-bond acceptors (Lipinski definition) is 6. The Labute approximate surface area is 127 Å². The summed E-state index contributed by atoms with van der Waals surface area (Å²) in [5.41, 5.74) is 1.12. The third kappa shape index (κ3) is 11.8. The highest BCUT2D eigenvalue weighted by Gasteiger charge is 1.99. The Morgan fingerprint density at radius 2 is 0.810 bits per heavy atom. The molecular formula is C15H28O6. The molecule has 1 rings (SSSR count). The predicted molar refractivity (Wildman–Crippen MR) is 78.7 cm³/mol. The van der Waals surface area contributed by atoms with E-state index in [-0.39, 0.29) is 0 Å². The van der Waals surface area contributed by atoms with E-state index in [1.54, 1.807) is 0 Å². The highest BCUT2D eigenvalue weighted by atomic mass is 16.6. The van der Waals surface area contributed by atoms with E-state index in [1.165, 1.54) is 0 Å². The molecular weight excluding hydrogens is 276 g/mol. The molecule has 1 aliphatic heterocycles. The molecule has 6 nitrogen and oxygen atoms in total.